The molecular formula is C21H34O5. The van der Waals surface area contributed by atoms with Crippen LogP contribution in [0, 0.1) is 28.1 Å². The zero-order valence-electron chi connectivity index (χ0n) is 16.6. The van der Waals surface area contributed by atoms with Crippen LogP contribution in [0.4, 0.5) is 0 Å². The van der Waals surface area contributed by atoms with E-state index in [1.54, 1.807) is 0 Å². The lowest BCUT2D eigenvalue weighted by Crippen LogP contribution is -2.61. The quantitative estimate of drug-likeness (QED) is 0.751. The summed E-state index contributed by atoms with van der Waals surface area (Å²) in [5.41, 5.74) is -1.02. The molecule has 0 aromatic heterocycles. The van der Waals surface area contributed by atoms with Gasteiger partial charge in [0.1, 0.15) is 18.5 Å². The first kappa shape index (κ1) is 19.8. The molecule has 0 radical (unpaired) electrons. The fraction of sp³-hybridized carbons (Fsp3) is 0.905. The molecule has 26 heavy (non-hydrogen) atoms. The average molecular weight is 366 g/mol. The van der Waals surface area contributed by atoms with Gasteiger partial charge in [-0.25, -0.2) is 4.79 Å². The van der Waals surface area contributed by atoms with Crippen molar-refractivity contribution in [3.05, 3.63) is 0 Å². The number of aliphatic hydroxyl groups excluding tert-OH is 2. The Balaban J connectivity index is 2.14. The van der Waals surface area contributed by atoms with Crippen LogP contribution in [0.15, 0.2) is 0 Å². The summed E-state index contributed by atoms with van der Waals surface area (Å²) in [7, 11) is 0. The zero-order chi connectivity index (χ0) is 19.3. The second-order valence-corrected chi connectivity index (χ2v) is 9.57. The largest absolute Gasteiger partial charge is 0.460 e. The third-order valence-electron chi connectivity index (χ3n) is 8.44. The number of hydrogen-bond donors (Lipinski definition) is 2. The van der Waals surface area contributed by atoms with Crippen LogP contribution in [-0.2, 0) is 14.3 Å². The van der Waals surface area contributed by atoms with Gasteiger partial charge in [-0.05, 0) is 48.9 Å². The molecule has 2 N–H and O–H groups in total. The van der Waals surface area contributed by atoms with Gasteiger partial charge in [0.25, 0.3) is 0 Å². The van der Waals surface area contributed by atoms with Gasteiger partial charge in [-0.15, -0.1) is 0 Å². The summed E-state index contributed by atoms with van der Waals surface area (Å²) in [5.74, 6) is -0.514. The molecule has 148 valence electrons. The Morgan fingerprint density at radius 1 is 1.27 bits per heavy atom. The van der Waals surface area contributed by atoms with E-state index in [4.69, 9.17) is 4.74 Å². The van der Waals surface area contributed by atoms with Gasteiger partial charge < -0.3 is 14.9 Å². The summed E-state index contributed by atoms with van der Waals surface area (Å²) in [6.45, 7) is 7.70. The summed E-state index contributed by atoms with van der Waals surface area (Å²) in [5, 5.41) is 20.6. The normalized spacial score (nSPS) is 48.5. The van der Waals surface area contributed by atoms with Crippen LogP contribution < -0.4 is 0 Å². The van der Waals surface area contributed by atoms with Gasteiger partial charge in [0, 0.05) is 17.8 Å². The molecule has 2 bridgehead atoms. The molecular weight excluding hydrogens is 332 g/mol. The fourth-order valence-electron chi connectivity index (χ4n) is 6.69. The number of carbonyl (C=O) groups excluding carboxylic acids is 2. The lowest BCUT2D eigenvalue weighted by atomic mass is 9.46. The smallest absolute Gasteiger partial charge is 0.332 e. The van der Waals surface area contributed by atoms with Crippen LogP contribution in [0.5, 0.6) is 0 Å². The number of hydrogen-bond acceptors (Lipinski definition) is 5. The lowest BCUT2D eigenvalue weighted by Gasteiger charge is -2.60. The third kappa shape index (κ3) is 2.65. The minimum absolute atomic E-state index is 0.0398. The van der Waals surface area contributed by atoms with Crippen molar-refractivity contribution in [1.29, 1.82) is 0 Å². The standard InChI is InChI=1S/C21H34O5/c1-5-19(3)11-15(26-16(24)12-22)20(4)8-6-9-21(13(2)18(19)25)10-7-14(23)17(20)21/h13,15,17-18,22,25H,5-12H2,1-4H3/t13-,15+,17-,18-,19+,20?,21?/m0/s1. The number of ether oxygens (including phenoxy) is 1. The van der Waals surface area contributed by atoms with Gasteiger partial charge in [0.2, 0.25) is 0 Å². The van der Waals surface area contributed by atoms with Crippen LogP contribution in [0.25, 0.3) is 0 Å². The van der Waals surface area contributed by atoms with Crippen molar-refractivity contribution in [2.45, 2.75) is 84.8 Å². The molecule has 0 spiro atoms. The van der Waals surface area contributed by atoms with Crippen molar-refractivity contribution < 1.29 is 24.5 Å². The van der Waals surface area contributed by atoms with Gasteiger partial charge in [0.05, 0.1) is 6.10 Å². The van der Waals surface area contributed by atoms with Gasteiger partial charge in [0.15, 0.2) is 0 Å². The number of rotatable bonds is 3. The molecule has 3 aliphatic rings. The maximum Gasteiger partial charge on any atom is 0.332 e. The molecule has 0 amide bonds. The minimum atomic E-state index is -0.655. The second-order valence-electron chi connectivity index (χ2n) is 9.57. The SMILES string of the molecule is CC[C@]1(C)C[C@@H](OC(=O)CO)C2(C)CCCC3(CCC(=O)[C@@H]23)[C@@H](C)[C@@H]1O. The summed E-state index contributed by atoms with van der Waals surface area (Å²) >= 11 is 0. The second kappa shape index (κ2) is 6.59. The Morgan fingerprint density at radius 3 is 2.58 bits per heavy atom. The molecule has 2 unspecified atom stereocenters. The highest BCUT2D eigenvalue weighted by atomic mass is 16.6. The summed E-state index contributed by atoms with van der Waals surface area (Å²) < 4.78 is 5.75. The van der Waals surface area contributed by atoms with Crippen LogP contribution in [-0.4, -0.2) is 40.8 Å². The minimum Gasteiger partial charge on any atom is -0.460 e. The first-order valence-electron chi connectivity index (χ1n) is 10.2. The Labute approximate surface area is 156 Å². The van der Waals surface area contributed by atoms with E-state index in [0.29, 0.717) is 12.8 Å². The van der Waals surface area contributed by atoms with Crippen LogP contribution in [0.3, 0.4) is 0 Å². The number of esters is 1. The first-order chi connectivity index (χ1) is 12.1. The highest BCUT2D eigenvalue weighted by Crippen LogP contribution is 2.66. The molecule has 3 rings (SSSR count). The van der Waals surface area contributed by atoms with E-state index in [1.165, 1.54) is 0 Å². The van der Waals surface area contributed by atoms with Gasteiger partial charge >= 0.3 is 5.97 Å². The maximum atomic E-state index is 13.0. The average Bonchev–Trinajstić information content (AvgIpc) is 2.98. The molecule has 3 aliphatic carbocycles. The number of ketones is 1. The summed E-state index contributed by atoms with van der Waals surface area (Å²) in [4.78, 5) is 25.0. The van der Waals surface area contributed by atoms with E-state index in [2.05, 4.69) is 27.7 Å². The van der Waals surface area contributed by atoms with Crippen molar-refractivity contribution in [1.82, 2.24) is 0 Å². The van der Waals surface area contributed by atoms with E-state index < -0.39 is 30.2 Å². The Hall–Kier alpha value is -0.940. The summed E-state index contributed by atoms with van der Waals surface area (Å²) in [6.07, 6.45) is 4.46. The molecule has 3 fully saturated rings. The van der Waals surface area contributed by atoms with Crippen molar-refractivity contribution in [2.75, 3.05) is 6.61 Å². The predicted molar refractivity (Wildman–Crippen MR) is 97.3 cm³/mol. The molecule has 7 atom stereocenters. The molecule has 0 aliphatic heterocycles. The van der Waals surface area contributed by atoms with Crippen molar-refractivity contribution in [3.63, 3.8) is 0 Å². The number of Topliss-reactive ketones (excluding diaryl/α,β-unsaturated/α-hetero) is 1. The van der Waals surface area contributed by atoms with Crippen molar-refractivity contribution >= 4 is 11.8 Å². The lowest BCUT2D eigenvalue weighted by molar-refractivity contribution is -0.201. The highest BCUT2D eigenvalue weighted by molar-refractivity contribution is 5.85. The maximum absolute atomic E-state index is 13.0. The number of aliphatic hydroxyl groups is 2. The summed E-state index contributed by atoms with van der Waals surface area (Å²) in [6, 6.07) is 0. The van der Waals surface area contributed by atoms with E-state index in [1.807, 2.05) is 0 Å². The third-order valence-corrected chi connectivity index (χ3v) is 8.44. The van der Waals surface area contributed by atoms with Gasteiger partial charge in [-0.2, -0.15) is 0 Å². The Morgan fingerprint density at radius 2 is 1.96 bits per heavy atom. The topological polar surface area (TPSA) is 83.8 Å². The van der Waals surface area contributed by atoms with Crippen LogP contribution in [0.1, 0.15) is 72.6 Å². The molecule has 5 nitrogen and oxygen atoms in total. The van der Waals surface area contributed by atoms with E-state index in [0.717, 1.165) is 32.1 Å². The highest BCUT2D eigenvalue weighted by Gasteiger charge is 2.66. The molecule has 0 aromatic rings. The van der Waals surface area contributed by atoms with Gasteiger partial charge in [-0.3, -0.25) is 4.79 Å². The van der Waals surface area contributed by atoms with Crippen LogP contribution in [0.2, 0.25) is 0 Å². The monoisotopic (exact) mass is 366 g/mol. The zero-order valence-corrected chi connectivity index (χ0v) is 16.6. The molecule has 0 saturated heterocycles. The first-order valence-corrected chi connectivity index (χ1v) is 10.2. The fourth-order valence-corrected chi connectivity index (χ4v) is 6.69. The number of carbonyl (C=O) groups is 2. The molecule has 5 heteroatoms. The van der Waals surface area contributed by atoms with Crippen LogP contribution >= 0.6 is 0 Å². The van der Waals surface area contributed by atoms with Crippen molar-refractivity contribution in [2.24, 2.45) is 28.1 Å². The predicted octanol–water partition coefficient (Wildman–Crippen LogP) is 2.86. The molecule has 3 saturated carbocycles. The van der Waals surface area contributed by atoms with Crippen molar-refractivity contribution in [3.8, 4) is 0 Å². The van der Waals surface area contributed by atoms with Gasteiger partial charge in [-0.1, -0.05) is 34.1 Å². The molecule has 0 heterocycles. The Kier molecular flexibility index (Phi) is 5.02. The van der Waals surface area contributed by atoms with E-state index >= 15 is 0 Å². The molecule has 0 aromatic carbocycles. The van der Waals surface area contributed by atoms with E-state index in [9.17, 15) is 19.8 Å². The Bertz CT molecular complexity index is 589. The van der Waals surface area contributed by atoms with E-state index in [-0.39, 0.29) is 28.4 Å².